The van der Waals surface area contributed by atoms with Gasteiger partial charge in [-0.05, 0) is 35.2 Å². The van der Waals surface area contributed by atoms with Crippen molar-refractivity contribution in [2.24, 2.45) is 0 Å². The molecule has 0 aliphatic heterocycles. The summed E-state index contributed by atoms with van der Waals surface area (Å²) in [7, 11) is 0. The van der Waals surface area contributed by atoms with Crippen molar-refractivity contribution in [2.45, 2.75) is 12.5 Å². The quantitative estimate of drug-likeness (QED) is 0.350. The Labute approximate surface area is 181 Å². The van der Waals surface area contributed by atoms with Gasteiger partial charge in [-0.15, -0.1) is 11.3 Å². The fraction of sp³-hybridized carbons (Fsp3) is 0.0909. The number of hydrogen-bond acceptors (Lipinski definition) is 5. The second-order valence-corrected chi connectivity index (χ2v) is 7.70. The van der Waals surface area contributed by atoms with Gasteiger partial charge in [0.05, 0.1) is 10.4 Å². The zero-order chi connectivity index (χ0) is 21.6. The van der Waals surface area contributed by atoms with Crippen LogP contribution in [-0.2, 0) is 11.2 Å². The number of H-pyrrole nitrogens is 1. The van der Waals surface area contributed by atoms with E-state index in [2.05, 4.69) is 26.1 Å². The van der Waals surface area contributed by atoms with Gasteiger partial charge in [0, 0.05) is 35.9 Å². The maximum Gasteiger partial charge on any atom is 0.271 e. The monoisotopic (exact) mass is 433 g/mol. The molecule has 0 saturated heterocycles. The number of nitrogens with zero attached hydrogens (tertiary/aromatic N) is 1. The number of fused-ring (bicyclic) bond motifs is 1. The summed E-state index contributed by atoms with van der Waals surface area (Å²) in [5, 5.41) is 5.52. The average Bonchev–Trinajstić information content (AvgIpc) is 3.48. The molecule has 0 saturated carbocycles. The van der Waals surface area contributed by atoms with Gasteiger partial charge in [-0.3, -0.25) is 30.2 Å². The normalized spacial score (nSPS) is 11.6. The molecule has 3 amide bonds. The molecule has 3 heterocycles. The predicted molar refractivity (Wildman–Crippen MR) is 117 cm³/mol. The van der Waals surface area contributed by atoms with Crippen LogP contribution in [0.25, 0.3) is 10.9 Å². The molecule has 1 atom stereocenters. The number of thiophene rings is 1. The zero-order valence-electron chi connectivity index (χ0n) is 16.3. The van der Waals surface area contributed by atoms with Crippen LogP contribution >= 0.6 is 11.3 Å². The Hall–Kier alpha value is -3.98. The first-order valence-electron chi connectivity index (χ1n) is 9.51. The van der Waals surface area contributed by atoms with Crippen LogP contribution in [-0.4, -0.2) is 33.7 Å². The van der Waals surface area contributed by atoms with Crippen molar-refractivity contribution in [1.29, 1.82) is 0 Å². The highest BCUT2D eigenvalue weighted by Crippen LogP contribution is 2.19. The third-order valence-electron chi connectivity index (χ3n) is 4.69. The van der Waals surface area contributed by atoms with E-state index < -0.39 is 17.9 Å². The number of carbonyl (C=O) groups excluding carboxylic acids is 3. The van der Waals surface area contributed by atoms with Crippen molar-refractivity contribution < 1.29 is 14.4 Å². The van der Waals surface area contributed by atoms with E-state index in [0.29, 0.717) is 10.4 Å². The van der Waals surface area contributed by atoms with Gasteiger partial charge in [-0.1, -0.05) is 24.3 Å². The Kier molecular flexibility index (Phi) is 6.04. The lowest BCUT2D eigenvalue weighted by Crippen LogP contribution is -2.53. The van der Waals surface area contributed by atoms with Gasteiger partial charge in [0.15, 0.2) is 0 Å². The summed E-state index contributed by atoms with van der Waals surface area (Å²) in [6.45, 7) is 0. The van der Waals surface area contributed by atoms with Crippen LogP contribution in [0.15, 0.2) is 72.5 Å². The number of nitrogens with one attached hydrogen (secondary N) is 4. The number of rotatable bonds is 6. The van der Waals surface area contributed by atoms with Crippen LogP contribution in [0, 0.1) is 0 Å². The molecule has 9 heteroatoms. The van der Waals surface area contributed by atoms with Crippen molar-refractivity contribution in [3.05, 3.63) is 88.5 Å². The minimum Gasteiger partial charge on any atom is -0.361 e. The first kappa shape index (κ1) is 20.3. The summed E-state index contributed by atoms with van der Waals surface area (Å²) < 4.78 is 0. The zero-order valence-corrected chi connectivity index (χ0v) is 17.1. The molecule has 0 radical (unpaired) electrons. The molecule has 156 valence electrons. The number of amides is 3. The maximum atomic E-state index is 12.9. The van der Waals surface area contributed by atoms with E-state index in [1.807, 2.05) is 30.5 Å². The van der Waals surface area contributed by atoms with Gasteiger partial charge < -0.3 is 10.3 Å². The molecule has 0 aliphatic rings. The number of aromatic amines is 1. The van der Waals surface area contributed by atoms with Crippen molar-refractivity contribution in [2.75, 3.05) is 0 Å². The average molecular weight is 433 g/mol. The predicted octanol–water partition coefficient (Wildman–Crippen LogP) is 2.43. The topological polar surface area (TPSA) is 116 Å². The molecule has 3 aromatic heterocycles. The summed E-state index contributed by atoms with van der Waals surface area (Å²) in [6, 6.07) is 13.5. The van der Waals surface area contributed by atoms with Gasteiger partial charge >= 0.3 is 0 Å². The van der Waals surface area contributed by atoms with E-state index in [1.165, 1.54) is 17.5 Å². The molecule has 8 nitrogen and oxygen atoms in total. The third kappa shape index (κ3) is 4.78. The molecule has 1 unspecified atom stereocenters. The fourth-order valence-corrected chi connectivity index (χ4v) is 3.77. The van der Waals surface area contributed by atoms with E-state index in [-0.39, 0.29) is 12.3 Å². The molecular formula is C22H19N5O3S. The van der Waals surface area contributed by atoms with E-state index in [4.69, 9.17) is 0 Å². The lowest BCUT2D eigenvalue weighted by Gasteiger charge is -2.18. The number of carbonyl (C=O) groups is 3. The first-order chi connectivity index (χ1) is 15.1. The van der Waals surface area contributed by atoms with E-state index >= 15 is 0 Å². The highest BCUT2D eigenvalue weighted by molar-refractivity contribution is 7.12. The maximum absolute atomic E-state index is 12.9. The lowest BCUT2D eigenvalue weighted by molar-refractivity contribution is -0.123. The van der Waals surface area contributed by atoms with Crippen LogP contribution in [0.3, 0.4) is 0 Å². The molecule has 4 aromatic rings. The van der Waals surface area contributed by atoms with Gasteiger partial charge in [0.1, 0.15) is 6.04 Å². The number of hydrazine groups is 1. The summed E-state index contributed by atoms with van der Waals surface area (Å²) in [6.07, 6.45) is 5.00. The number of hydrogen-bond donors (Lipinski definition) is 4. The second kappa shape index (κ2) is 9.23. The van der Waals surface area contributed by atoms with Crippen LogP contribution < -0.4 is 16.2 Å². The van der Waals surface area contributed by atoms with Crippen molar-refractivity contribution >= 4 is 40.0 Å². The molecule has 0 fully saturated rings. The van der Waals surface area contributed by atoms with Crippen molar-refractivity contribution in [3.8, 4) is 0 Å². The molecule has 0 bridgehead atoms. The summed E-state index contributed by atoms with van der Waals surface area (Å²) in [5.41, 5.74) is 6.89. The van der Waals surface area contributed by atoms with Crippen molar-refractivity contribution in [3.63, 3.8) is 0 Å². The highest BCUT2D eigenvalue weighted by atomic mass is 32.1. The summed E-state index contributed by atoms with van der Waals surface area (Å²) in [5.74, 6) is -1.39. The molecule has 31 heavy (non-hydrogen) atoms. The highest BCUT2D eigenvalue weighted by Gasteiger charge is 2.24. The molecular weight excluding hydrogens is 414 g/mol. The number of pyridine rings is 1. The fourth-order valence-electron chi connectivity index (χ4n) is 3.14. The largest absolute Gasteiger partial charge is 0.361 e. The van der Waals surface area contributed by atoms with Gasteiger partial charge in [-0.25, -0.2) is 0 Å². The summed E-state index contributed by atoms with van der Waals surface area (Å²) >= 11 is 1.28. The Morgan fingerprint density at radius 2 is 1.87 bits per heavy atom. The van der Waals surface area contributed by atoms with E-state index in [1.54, 1.807) is 35.8 Å². The Balaban J connectivity index is 1.50. The van der Waals surface area contributed by atoms with E-state index in [0.717, 1.165) is 16.5 Å². The smallest absolute Gasteiger partial charge is 0.271 e. The number of para-hydroxylation sites is 1. The van der Waals surface area contributed by atoms with Gasteiger partial charge in [0.25, 0.3) is 17.7 Å². The molecule has 0 spiro atoms. The Morgan fingerprint density at radius 1 is 1.00 bits per heavy atom. The van der Waals surface area contributed by atoms with Crippen LogP contribution in [0.4, 0.5) is 0 Å². The standard InChI is InChI=1S/C22H19N5O3S/c28-20(14-5-3-9-23-12-14)26-27-21(29)18(25-22(30)19-8-4-10-31-19)11-15-13-24-17-7-2-1-6-16(15)17/h1-10,12-13,18,24H,11H2,(H,25,30)(H,26,28)(H,27,29). The van der Waals surface area contributed by atoms with Crippen molar-refractivity contribution in [1.82, 2.24) is 26.1 Å². The SMILES string of the molecule is O=C(NNC(=O)C(Cc1c[nH]c2ccccc12)NC(=O)c1cccs1)c1cccnc1. The summed E-state index contributed by atoms with van der Waals surface area (Å²) in [4.78, 5) is 45.2. The van der Waals surface area contributed by atoms with Crippen LogP contribution in [0.1, 0.15) is 25.6 Å². The van der Waals surface area contributed by atoms with Gasteiger partial charge in [-0.2, -0.15) is 0 Å². The minimum atomic E-state index is -0.900. The Bertz CT molecular complexity index is 1200. The molecule has 4 rings (SSSR count). The van der Waals surface area contributed by atoms with E-state index in [9.17, 15) is 14.4 Å². The molecule has 0 aliphatic carbocycles. The Morgan fingerprint density at radius 3 is 2.65 bits per heavy atom. The number of aromatic nitrogens is 2. The number of benzene rings is 1. The molecule has 4 N–H and O–H groups in total. The van der Waals surface area contributed by atoms with Crippen LogP contribution in [0.2, 0.25) is 0 Å². The van der Waals surface area contributed by atoms with Crippen LogP contribution in [0.5, 0.6) is 0 Å². The first-order valence-corrected chi connectivity index (χ1v) is 10.4. The third-order valence-corrected chi connectivity index (χ3v) is 5.56. The van der Waals surface area contributed by atoms with Gasteiger partial charge in [0.2, 0.25) is 0 Å². The second-order valence-electron chi connectivity index (χ2n) is 6.75. The minimum absolute atomic E-state index is 0.246. The molecule has 1 aromatic carbocycles. The lowest BCUT2D eigenvalue weighted by atomic mass is 10.0.